The molecule has 0 unspecified atom stereocenters. The lowest BCUT2D eigenvalue weighted by Crippen LogP contribution is -2.31. The van der Waals surface area contributed by atoms with Gasteiger partial charge in [0.25, 0.3) is 0 Å². The molecule has 1 nitrogen and oxygen atoms in total. The second-order valence-electron chi connectivity index (χ2n) is 7.06. The second kappa shape index (κ2) is 6.76. The quantitative estimate of drug-likeness (QED) is 0.795. The van der Waals surface area contributed by atoms with E-state index in [1.165, 1.54) is 31.2 Å². The molecule has 1 aromatic rings. The fourth-order valence-corrected chi connectivity index (χ4v) is 3.60. The zero-order chi connectivity index (χ0) is 14.6. The van der Waals surface area contributed by atoms with Crippen LogP contribution in [-0.2, 0) is 12.0 Å². The van der Waals surface area contributed by atoms with E-state index in [4.69, 9.17) is 0 Å². The Morgan fingerprint density at radius 3 is 2.55 bits per heavy atom. The first-order valence-electron chi connectivity index (χ1n) is 8.35. The standard InChI is InChI=1S/C19H30O/c1-4-6-16-9-11-19(20,12-10-16)18-8-5-7-17(14-18)13-15(2)3/h5,7-8,14-16,20H,4,6,9-13H2,1-3H3. The van der Waals surface area contributed by atoms with E-state index in [2.05, 4.69) is 45.0 Å². The highest BCUT2D eigenvalue weighted by molar-refractivity contribution is 5.29. The lowest BCUT2D eigenvalue weighted by atomic mass is 9.74. The van der Waals surface area contributed by atoms with Gasteiger partial charge in [-0.2, -0.15) is 0 Å². The van der Waals surface area contributed by atoms with Crippen molar-refractivity contribution in [2.45, 2.75) is 71.3 Å². The molecule has 20 heavy (non-hydrogen) atoms. The molecule has 0 amide bonds. The summed E-state index contributed by atoms with van der Waals surface area (Å²) in [4.78, 5) is 0. The Bertz CT molecular complexity index is 414. The SMILES string of the molecule is CCCC1CCC(O)(c2cccc(CC(C)C)c2)CC1. The number of rotatable bonds is 5. The Kier molecular flexibility index (Phi) is 5.26. The highest BCUT2D eigenvalue weighted by Crippen LogP contribution is 2.41. The fraction of sp³-hybridized carbons (Fsp3) is 0.684. The average molecular weight is 274 g/mol. The van der Waals surface area contributed by atoms with Crippen LogP contribution in [0.3, 0.4) is 0 Å². The van der Waals surface area contributed by atoms with E-state index in [-0.39, 0.29) is 0 Å². The van der Waals surface area contributed by atoms with Gasteiger partial charge in [-0.25, -0.2) is 0 Å². The van der Waals surface area contributed by atoms with E-state index in [1.807, 2.05) is 0 Å². The molecule has 1 fully saturated rings. The molecular formula is C19H30O. The molecule has 1 heteroatoms. The fourth-order valence-electron chi connectivity index (χ4n) is 3.60. The maximum Gasteiger partial charge on any atom is 0.0896 e. The molecule has 0 atom stereocenters. The summed E-state index contributed by atoms with van der Waals surface area (Å²) in [7, 11) is 0. The molecule has 0 bridgehead atoms. The van der Waals surface area contributed by atoms with Crippen LogP contribution in [0.5, 0.6) is 0 Å². The number of aliphatic hydroxyl groups is 1. The summed E-state index contributed by atoms with van der Waals surface area (Å²) in [5, 5.41) is 11.0. The van der Waals surface area contributed by atoms with Crippen LogP contribution in [0.1, 0.15) is 70.4 Å². The van der Waals surface area contributed by atoms with Gasteiger partial charge in [0.2, 0.25) is 0 Å². The van der Waals surface area contributed by atoms with E-state index in [0.29, 0.717) is 5.92 Å². The van der Waals surface area contributed by atoms with Gasteiger partial charge in [0.15, 0.2) is 0 Å². The largest absolute Gasteiger partial charge is 0.385 e. The van der Waals surface area contributed by atoms with E-state index >= 15 is 0 Å². The lowest BCUT2D eigenvalue weighted by molar-refractivity contribution is -0.0153. The number of hydrogen-bond acceptors (Lipinski definition) is 1. The Morgan fingerprint density at radius 2 is 1.95 bits per heavy atom. The van der Waals surface area contributed by atoms with Gasteiger partial charge in [0.1, 0.15) is 0 Å². The molecule has 0 spiro atoms. The van der Waals surface area contributed by atoms with Crippen LogP contribution >= 0.6 is 0 Å². The average Bonchev–Trinajstić information content (AvgIpc) is 2.41. The third kappa shape index (κ3) is 3.85. The predicted octanol–water partition coefficient (Wildman–Crippen LogP) is 5.06. The van der Waals surface area contributed by atoms with Crippen molar-refractivity contribution >= 4 is 0 Å². The van der Waals surface area contributed by atoms with Gasteiger partial charge in [0.05, 0.1) is 5.60 Å². The van der Waals surface area contributed by atoms with Crippen molar-refractivity contribution in [3.05, 3.63) is 35.4 Å². The Morgan fingerprint density at radius 1 is 1.25 bits per heavy atom. The third-order valence-corrected chi connectivity index (χ3v) is 4.74. The molecule has 2 rings (SSSR count). The van der Waals surface area contributed by atoms with Gasteiger partial charge in [-0.3, -0.25) is 0 Å². The summed E-state index contributed by atoms with van der Waals surface area (Å²) >= 11 is 0. The first kappa shape index (κ1) is 15.6. The van der Waals surface area contributed by atoms with Crippen molar-refractivity contribution in [3.63, 3.8) is 0 Å². The van der Waals surface area contributed by atoms with E-state index < -0.39 is 5.60 Å². The molecule has 1 saturated carbocycles. The van der Waals surface area contributed by atoms with Crippen LogP contribution in [0.2, 0.25) is 0 Å². The minimum Gasteiger partial charge on any atom is -0.385 e. The molecule has 1 N–H and O–H groups in total. The highest BCUT2D eigenvalue weighted by Gasteiger charge is 2.34. The maximum absolute atomic E-state index is 11.0. The van der Waals surface area contributed by atoms with Crippen molar-refractivity contribution in [3.8, 4) is 0 Å². The van der Waals surface area contributed by atoms with Gasteiger partial charge in [-0.05, 0) is 55.1 Å². The summed E-state index contributed by atoms with van der Waals surface area (Å²) in [6, 6.07) is 8.66. The van der Waals surface area contributed by atoms with Crippen LogP contribution in [0.4, 0.5) is 0 Å². The molecular weight excluding hydrogens is 244 g/mol. The van der Waals surface area contributed by atoms with Crippen LogP contribution in [-0.4, -0.2) is 5.11 Å². The van der Waals surface area contributed by atoms with E-state index in [1.54, 1.807) is 0 Å². The van der Waals surface area contributed by atoms with Crippen LogP contribution < -0.4 is 0 Å². The first-order valence-corrected chi connectivity index (χ1v) is 8.35. The summed E-state index contributed by atoms with van der Waals surface area (Å²) in [5.74, 6) is 1.50. The molecule has 0 heterocycles. The zero-order valence-corrected chi connectivity index (χ0v) is 13.4. The van der Waals surface area contributed by atoms with Crippen LogP contribution in [0, 0.1) is 11.8 Å². The van der Waals surface area contributed by atoms with Gasteiger partial charge < -0.3 is 5.11 Å². The maximum atomic E-state index is 11.0. The molecule has 0 aromatic heterocycles. The third-order valence-electron chi connectivity index (χ3n) is 4.74. The van der Waals surface area contributed by atoms with E-state index in [9.17, 15) is 5.11 Å². The lowest BCUT2D eigenvalue weighted by Gasteiger charge is -2.36. The van der Waals surface area contributed by atoms with Crippen molar-refractivity contribution in [2.24, 2.45) is 11.8 Å². The normalized spacial score (nSPS) is 26.9. The van der Waals surface area contributed by atoms with Crippen LogP contribution in [0.25, 0.3) is 0 Å². The predicted molar refractivity (Wildman–Crippen MR) is 85.7 cm³/mol. The van der Waals surface area contributed by atoms with Crippen LogP contribution in [0.15, 0.2) is 24.3 Å². The second-order valence-corrected chi connectivity index (χ2v) is 7.06. The summed E-state index contributed by atoms with van der Waals surface area (Å²) < 4.78 is 0. The summed E-state index contributed by atoms with van der Waals surface area (Å²) in [6.07, 6.45) is 7.92. The minimum absolute atomic E-state index is 0.572. The molecule has 1 aliphatic carbocycles. The number of hydrogen-bond donors (Lipinski definition) is 1. The van der Waals surface area contributed by atoms with Crippen molar-refractivity contribution in [1.82, 2.24) is 0 Å². The molecule has 0 saturated heterocycles. The van der Waals surface area contributed by atoms with Gasteiger partial charge in [-0.15, -0.1) is 0 Å². The van der Waals surface area contributed by atoms with Crippen molar-refractivity contribution in [2.75, 3.05) is 0 Å². The smallest absolute Gasteiger partial charge is 0.0896 e. The van der Waals surface area contributed by atoms with Gasteiger partial charge in [-0.1, -0.05) is 57.9 Å². The zero-order valence-electron chi connectivity index (χ0n) is 13.4. The molecule has 0 aliphatic heterocycles. The van der Waals surface area contributed by atoms with Crippen molar-refractivity contribution in [1.29, 1.82) is 0 Å². The molecule has 112 valence electrons. The Hall–Kier alpha value is -0.820. The van der Waals surface area contributed by atoms with Gasteiger partial charge >= 0.3 is 0 Å². The summed E-state index contributed by atoms with van der Waals surface area (Å²) in [5.41, 5.74) is 1.93. The minimum atomic E-state index is -0.572. The number of benzene rings is 1. The molecule has 0 radical (unpaired) electrons. The topological polar surface area (TPSA) is 20.2 Å². The highest BCUT2D eigenvalue weighted by atomic mass is 16.3. The molecule has 1 aromatic carbocycles. The van der Waals surface area contributed by atoms with E-state index in [0.717, 1.165) is 30.7 Å². The Balaban J connectivity index is 2.07. The van der Waals surface area contributed by atoms with Crippen molar-refractivity contribution < 1.29 is 5.11 Å². The summed E-state index contributed by atoms with van der Waals surface area (Å²) in [6.45, 7) is 6.75. The Labute approximate surface area is 124 Å². The monoisotopic (exact) mass is 274 g/mol. The van der Waals surface area contributed by atoms with Gasteiger partial charge in [0, 0.05) is 0 Å². The first-order chi connectivity index (χ1) is 9.53. The molecule has 1 aliphatic rings.